The third-order valence-electron chi connectivity index (χ3n) is 5.83. The Morgan fingerprint density at radius 3 is 2.57 bits per heavy atom. The predicted molar refractivity (Wildman–Crippen MR) is 116 cm³/mol. The molecule has 0 aromatic heterocycles. The molecular weight excluding hydrogens is 372 g/mol. The number of aliphatic hydroxyl groups is 1. The molecule has 1 aromatic rings. The molecule has 2 N–H and O–H groups in total. The molecule has 0 bridgehead atoms. The van der Waals surface area contributed by atoms with E-state index in [4.69, 9.17) is 16.7 Å². The van der Waals surface area contributed by atoms with E-state index in [0.717, 1.165) is 19.3 Å². The van der Waals surface area contributed by atoms with Crippen LogP contribution in [0, 0.1) is 5.92 Å². The molecule has 4 heteroatoms. The summed E-state index contributed by atoms with van der Waals surface area (Å²) in [6.45, 7) is 2.23. The molecule has 0 amide bonds. The largest absolute Gasteiger partial charge is 0.481 e. The fourth-order valence-electron chi connectivity index (χ4n) is 4.23. The SMILES string of the molecule is CCCCCCc1ccc([C@@H]2[C@@H](C/C=C\CCCC(=O)O)[C@@H](Cl)C[C@H]2O)cc1. The summed E-state index contributed by atoms with van der Waals surface area (Å²) in [4.78, 5) is 10.6. The Morgan fingerprint density at radius 2 is 1.89 bits per heavy atom. The van der Waals surface area contributed by atoms with E-state index in [-0.39, 0.29) is 23.6 Å². The van der Waals surface area contributed by atoms with Gasteiger partial charge < -0.3 is 10.2 Å². The van der Waals surface area contributed by atoms with Crippen LogP contribution < -0.4 is 0 Å². The fourth-order valence-corrected chi connectivity index (χ4v) is 4.67. The van der Waals surface area contributed by atoms with Crippen molar-refractivity contribution in [3.8, 4) is 0 Å². The van der Waals surface area contributed by atoms with Crippen molar-refractivity contribution in [2.45, 2.75) is 88.5 Å². The monoisotopic (exact) mass is 406 g/mol. The highest BCUT2D eigenvalue weighted by atomic mass is 35.5. The Kier molecular flexibility index (Phi) is 10.1. The topological polar surface area (TPSA) is 57.5 Å². The Labute approximate surface area is 174 Å². The van der Waals surface area contributed by atoms with Gasteiger partial charge in [0, 0.05) is 17.7 Å². The van der Waals surface area contributed by atoms with E-state index in [1.54, 1.807) is 0 Å². The maximum Gasteiger partial charge on any atom is 0.303 e. The number of hydrogen-bond donors (Lipinski definition) is 2. The number of aliphatic hydroxyl groups excluding tert-OH is 1. The number of benzene rings is 1. The molecule has 28 heavy (non-hydrogen) atoms. The molecule has 1 aromatic carbocycles. The number of carboxylic acid groups (broad SMARTS) is 1. The number of rotatable bonds is 12. The second-order valence-corrected chi connectivity index (χ2v) is 8.61. The lowest BCUT2D eigenvalue weighted by molar-refractivity contribution is -0.137. The number of halogens is 1. The standard InChI is InChI=1S/C24H35ClO3/c1-2-3-4-7-10-18-13-15-19(16-14-18)24-20(21(25)17-22(24)26)11-8-5-6-9-12-23(27)28/h5,8,13-16,20-22,24,26H,2-4,6-7,9-12,17H2,1H3,(H,27,28)/b8-5-/t20-,21-,22+,24+/m0/s1. The van der Waals surface area contributed by atoms with Gasteiger partial charge in [-0.25, -0.2) is 0 Å². The summed E-state index contributed by atoms with van der Waals surface area (Å²) in [5, 5.41) is 19.2. The van der Waals surface area contributed by atoms with Crippen LogP contribution in [0.4, 0.5) is 0 Å². The highest BCUT2D eigenvalue weighted by Crippen LogP contribution is 2.44. The maximum absolute atomic E-state index is 10.6. The lowest BCUT2D eigenvalue weighted by Gasteiger charge is -2.23. The Hall–Kier alpha value is -1.32. The average Bonchev–Trinajstić information content (AvgIpc) is 2.95. The maximum atomic E-state index is 10.6. The number of alkyl halides is 1. The molecule has 0 aliphatic heterocycles. The van der Waals surface area contributed by atoms with Crippen LogP contribution in [0.5, 0.6) is 0 Å². The van der Waals surface area contributed by atoms with Crippen LogP contribution >= 0.6 is 11.6 Å². The van der Waals surface area contributed by atoms with Crippen LogP contribution in [0.15, 0.2) is 36.4 Å². The van der Waals surface area contributed by atoms with Crippen molar-refractivity contribution in [2.75, 3.05) is 0 Å². The average molecular weight is 407 g/mol. The zero-order chi connectivity index (χ0) is 20.4. The second-order valence-electron chi connectivity index (χ2n) is 8.05. The minimum absolute atomic E-state index is 0.0302. The minimum Gasteiger partial charge on any atom is -0.481 e. The molecular formula is C24H35ClO3. The van der Waals surface area contributed by atoms with Crippen molar-refractivity contribution >= 4 is 17.6 Å². The molecule has 2 rings (SSSR count). The lowest BCUT2D eigenvalue weighted by Crippen LogP contribution is -2.18. The smallest absolute Gasteiger partial charge is 0.303 e. The predicted octanol–water partition coefficient (Wildman–Crippen LogP) is 6.08. The molecule has 0 heterocycles. The van der Waals surface area contributed by atoms with Crippen molar-refractivity contribution in [1.29, 1.82) is 0 Å². The number of aliphatic carboxylic acids is 1. The quantitative estimate of drug-likeness (QED) is 0.251. The van der Waals surface area contributed by atoms with Crippen LogP contribution in [-0.2, 0) is 11.2 Å². The van der Waals surface area contributed by atoms with Crippen LogP contribution in [0.3, 0.4) is 0 Å². The van der Waals surface area contributed by atoms with E-state index in [0.29, 0.717) is 12.8 Å². The molecule has 1 aliphatic carbocycles. The molecule has 0 unspecified atom stereocenters. The van der Waals surface area contributed by atoms with Gasteiger partial charge in [-0.15, -0.1) is 11.6 Å². The normalized spacial score (nSPS) is 24.8. The van der Waals surface area contributed by atoms with Crippen molar-refractivity contribution in [3.63, 3.8) is 0 Å². The van der Waals surface area contributed by atoms with Gasteiger partial charge >= 0.3 is 5.97 Å². The molecule has 0 radical (unpaired) electrons. The van der Waals surface area contributed by atoms with E-state index in [1.807, 2.05) is 6.08 Å². The first-order chi connectivity index (χ1) is 13.5. The van der Waals surface area contributed by atoms with E-state index in [1.165, 1.54) is 36.8 Å². The molecule has 156 valence electrons. The molecule has 1 aliphatic rings. The number of carboxylic acids is 1. The van der Waals surface area contributed by atoms with Crippen LogP contribution in [0.2, 0.25) is 0 Å². The second kappa shape index (κ2) is 12.3. The Morgan fingerprint density at radius 1 is 1.14 bits per heavy atom. The van der Waals surface area contributed by atoms with Gasteiger partial charge in [0.05, 0.1) is 6.10 Å². The molecule has 0 saturated heterocycles. The fraction of sp³-hybridized carbons (Fsp3) is 0.625. The number of allylic oxidation sites excluding steroid dienone is 2. The first-order valence-corrected chi connectivity index (χ1v) is 11.2. The van der Waals surface area contributed by atoms with Gasteiger partial charge in [0.15, 0.2) is 0 Å². The van der Waals surface area contributed by atoms with E-state index in [2.05, 4.69) is 37.3 Å². The van der Waals surface area contributed by atoms with Gasteiger partial charge in [0.2, 0.25) is 0 Å². The number of unbranched alkanes of at least 4 members (excludes halogenated alkanes) is 4. The van der Waals surface area contributed by atoms with E-state index >= 15 is 0 Å². The van der Waals surface area contributed by atoms with E-state index < -0.39 is 12.1 Å². The molecule has 1 fully saturated rings. The highest BCUT2D eigenvalue weighted by molar-refractivity contribution is 6.21. The number of hydrogen-bond acceptors (Lipinski definition) is 2. The van der Waals surface area contributed by atoms with Gasteiger partial charge in [-0.05, 0) is 55.6 Å². The Balaban J connectivity index is 1.91. The summed E-state index contributed by atoms with van der Waals surface area (Å²) < 4.78 is 0. The first kappa shape index (κ1) is 23.0. The summed E-state index contributed by atoms with van der Waals surface area (Å²) in [6, 6.07) is 8.74. The highest BCUT2D eigenvalue weighted by Gasteiger charge is 2.41. The van der Waals surface area contributed by atoms with Gasteiger partial charge in [0.1, 0.15) is 0 Å². The zero-order valence-electron chi connectivity index (χ0n) is 17.0. The molecule has 4 atom stereocenters. The molecule has 3 nitrogen and oxygen atoms in total. The van der Waals surface area contributed by atoms with Crippen molar-refractivity contribution < 1.29 is 15.0 Å². The molecule has 1 saturated carbocycles. The van der Waals surface area contributed by atoms with Crippen LogP contribution in [0.25, 0.3) is 0 Å². The van der Waals surface area contributed by atoms with Crippen molar-refractivity contribution in [2.24, 2.45) is 5.92 Å². The third kappa shape index (κ3) is 7.25. The van der Waals surface area contributed by atoms with Crippen molar-refractivity contribution in [1.82, 2.24) is 0 Å². The van der Waals surface area contributed by atoms with Crippen LogP contribution in [-0.4, -0.2) is 27.7 Å². The summed E-state index contributed by atoms with van der Waals surface area (Å²) in [5.41, 5.74) is 2.54. The van der Waals surface area contributed by atoms with Crippen molar-refractivity contribution in [3.05, 3.63) is 47.5 Å². The van der Waals surface area contributed by atoms with Crippen LogP contribution in [0.1, 0.15) is 81.8 Å². The summed E-state index contributed by atoms with van der Waals surface area (Å²) in [5.74, 6) is -0.467. The van der Waals surface area contributed by atoms with Gasteiger partial charge in [-0.3, -0.25) is 4.79 Å². The lowest BCUT2D eigenvalue weighted by atomic mass is 9.85. The summed E-state index contributed by atoms with van der Waals surface area (Å²) in [7, 11) is 0. The van der Waals surface area contributed by atoms with Gasteiger partial charge in [0.25, 0.3) is 0 Å². The summed E-state index contributed by atoms with van der Waals surface area (Å²) >= 11 is 6.56. The molecule has 0 spiro atoms. The number of aryl methyl sites for hydroxylation is 1. The third-order valence-corrected chi connectivity index (χ3v) is 6.33. The van der Waals surface area contributed by atoms with Gasteiger partial charge in [-0.2, -0.15) is 0 Å². The number of carbonyl (C=O) groups is 1. The van der Waals surface area contributed by atoms with E-state index in [9.17, 15) is 9.90 Å². The Bertz CT molecular complexity index is 611. The minimum atomic E-state index is -0.748. The first-order valence-electron chi connectivity index (χ1n) is 10.8. The zero-order valence-corrected chi connectivity index (χ0v) is 17.8. The van der Waals surface area contributed by atoms with Gasteiger partial charge in [-0.1, -0.05) is 62.6 Å². The summed E-state index contributed by atoms with van der Waals surface area (Å²) in [6.07, 6.45) is 13.0.